The Morgan fingerprint density at radius 2 is 2.00 bits per heavy atom. The first-order valence-electron chi connectivity index (χ1n) is 4.40. The summed E-state index contributed by atoms with van der Waals surface area (Å²) in [7, 11) is 0. The first-order valence-corrected chi connectivity index (χ1v) is 4.40. The smallest absolute Gasteiger partial charge is 0.166 e. The van der Waals surface area contributed by atoms with Crippen LogP contribution in [0.3, 0.4) is 0 Å². The van der Waals surface area contributed by atoms with Crippen molar-refractivity contribution < 1.29 is 9.47 Å². The van der Waals surface area contributed by atoms with Crippen LogP contribution in [0.2, 0.25) is 0 Å². The van der Waals surface area contributed by atoms with Crippen LogP contribution >= 0.6 is 0 Å². The van der Waals surface area contributed by atoms with E-state index in [4.69, 9.17) is 9.47 Å². The molecule has 0 radical (unpaired) electrons. The maximum absolute atomic E-state index is 5.84. The molecule has 2 unspecified atom stereocenters. The minimum Gasteiger partial charge on any atom is -0.344 e. The lowest BCUT2D eigenvalue weighted by atomic mass is 9.96. The van der Waals surface area contributed by atoms with Gasteiger partial charge in [-0.2, -0.15) is 0 Å². The van der Waals surface area contributed by atoms with Crippen molar-refractivity contribution in [1.29, 1.82) is 0 Å². The Balaban J connectivity index is 2.24. The van der Waals surface area contributed by atoms with E-state index in [-0.39, 0.29) is 11.4 Å². The zero-order chi connectivity index (χ0) is 8.11. The number of fused-ring (bicyclic) bond motifs is 2. The molecule has 2 fully saturated rings. The highest BCUT2D eigenvalue weighted by Crippen LogP contribution is 2.44. The molecule has 11 heavy (non-hydrogen) atoms. The maximum Gasteiger partial charge on any atom is 0.166 e. The van der Waals surface area contributed by atoms with E-state index < -0.39 is 0 Å². The van der Waals surface area contributed by atoms with Gasteiger partial charge in [-0.1, -0.05) is 0 Å². The highest BCUT2D eigenvalue weighted by atomic mass is 16.8. The predicted molar refractivity (Wildman–Crippen MR) is 42.3 cm³/mol. The van der Waals surface area contributed by atoms with E-state index >= 15 is 0 Å². The van der Waals surface area contributed by atoms with Crippen molar-refractivity contribution in [3.63, 3.8) is 0 Å². The molecule has 2 rings (SSSR count). The summed E-state index contributed by atoms with van der Waals surface area (Å²) in [6, 6.07) is 0. The van der Waals surface area contributed by atoms with Crippen LogP contribution in [-0.4, -0.2) is 17.5 Å². The predicted octanol–water partition coefficient (Wildman–Crippen LogP) is 2.08. The highest BCUT2D eigenvalue weighted by molar-refractivity contribution is 4.94. The molecule has 2 saturated heterocycles. The van der Waals surface area contributed by atoms with Gasteiger partial charge < -0.3 is 9.47 Å². The number of ether oxygens (including phenoxy) is 2. The Labute approximate surface area is 67.9 Å². The van der Waals surface area contributed by atoms with Crippen molar-refractivity contribution in [2.75, 3.05) is 0 Å². The monoisotopic (exact) mass is 156 g/mol. The molecule has 0 N–H and O–H groups in total. The van der Waals surface area contributed by atoms with E-state index in [9.17, 15) is 0 Å². The van der Waals surface area contributed by atoms with Gasteiger partial charge in [-0.3, -0.25) is 0 Å². The van der Waals surface area contributed by atoms with Gasteiger partial charge in [0.1, 0.15) is 0 Å². The van der Waals surface area contributed by atoms with Crippen molar-refractivity contribution in [2.24, 2.45) is 0 Å². The Kier molecular flexibility index (Phi) is 1.37. The standard InChI is InChI=1S/C9H16O2/c1-8(2)7-5-4-6-9(3,10-7)11-8/h7H,4-6H2,1-3H3. The Bertz CT molecular complexity index is 174. The van der Waals surface area contributed by atoms with Gasteiger partial charge in [0.2, 0.25) is 0 Å². The fraction of sp³-hybridized carbons (Fsp3) is 1.00. The first-order chi connectivity index (χ1) is 5.02. The van der Waals surface area contributed by atoms with E-state index in [0.29, 0.717) is 6.10 Å². The highest BCUT2D eigenvalue weighted by Gasteiger charge is 2.51. The van der Waals surface area contributed by atoms with Gasteiger partial charge in [0.25, 0.3) is 0 Å². The minimum atomic E-state index is -0.271. The number of hydrogen-bond donors (Lipinski definition) is 0. The number of rotatable bonds is 0. The fourth-order valence-corrected chi connectivity index (χ4v) is 2.21. The maximum atomic E-state index is 5.84. The summed E-state index contributed by atoms with van der Waals surface area (Å²) in [5, 5.41) is 0. The lowest BCUT2D eigenvalue weighted by Crippen LogP contribution is -2.32. The summed E-state index contributed by atoms with van der Waals surface area (Å²) < 4.78 is 11.6. The molecule has 0 aromatic carbocycles. The third kappa shape index (κ3) is 1.09. The van der Waals surface area contributed by atoms with Crippen LogP contribution < -0.4 is 0 Å². The summed E-state index contributed by atoms with van der Waals surface area (Å²) >= 11 is 0. The van der Waals surface area contributed by atoms with E-state index in [2.05, 4.69) is 13.8 Å². The normalized spacial score (nSPS) is 47.7. The van der Waals surface area contributed by atoms with Gasteiger partial charge in [-0.15, -0.1) is 0 Å². The second-order valence-electron chi connectivity index (χ2n) is 4.34. The van der Waals surface area contributed by atoms with Crippen LogP contribution in [-0.2, 0) is 9.47 Å². The molecule has 0 aliphatic carbocycles. The topological polar surface area (TPSA) is 18.5 Å². The van der Waals surface area contributed by atoms with Gasteiger partial charge in [0.05, 0.1) is 11.7 Å². The molecule has 2 heteroatoms. The second-order valence-corrected chi connectivity index (χ2v) is 4.34. The van der Waals surface area contributed by atoms with Crippen molar-refractivity contribution in [3.8, 4) is 0 Å². The zero-order valence-electron chi connectivity index (χ0n) is 7.52. The Morgan fingerprint density at radius 1 is 1.27 bits per heavy atom. The molecule has 0 spiro atoms. The molecule has 2 aliphatic heterocycles. The zero-order valence-corrected chi connectivity index (χ0v) is 7.52. The van der Waals surface area contributed by atoms with Crippen LogP contribution in [0.5, 0.6) is 0 Å². The molecule has 0 amide bonds. The summed E-state index contributed by atoms with van der Waals surface area (Å²) in [5.74, 6) is -0.271. The fourth-order valence-electron chi connectivity index (χ4n) is 2.21. The lowest BCUT2D eigenvalue weighted by molar-refractivity contribution is -0.186. The van der Waals surface area contributed by atoms with Crippen molar-refractivity contribution in [1.82, 2.24) is 0 Å². The van der Waals surface area contributed by atoms with Crippen LogP contribution in [0, 0.1) is 0 Å². The van der Waals surface area contributed by atoms with Gasteiger partial charge in [-0.05, 0) is 33.6 Å². The van der Waals surface area contributed by atoms with E-state index in [0.717, 1.165) is 12.8 Å². The van der Waals surface area contributed by atoms with Crippen LogP contribution in [0.15, 0.2) is 0 Å². The summed E-state index contributed by atoms with van der Waals surface area (Å²) in [6.45, 7) is 6.29. The molecule has 2 atom stereocenters. The van der Waals surface area contributed by atoms with E-state index in [1.165, 1.54) is 6.42 Å². The molecule has 64 valence electrons. The van der Waals surface area contributed by atoms with E-state index in [1.807, 2.05) is 6.92 Å². The molecule has 2 bridgehead atoms. The molecule has 0 saturated carbocycles. The van der Waals surface area contributed by atoms with Crippen LogP contribution in [0.1, 0.15) is 40.0 Å². The quantitative estimate of drug-likeness (QED) is 0.534. The largest absolute Gasteiger partial charge is 0.344 e. The minimum absolute atomic E-state index is 0.0642. The van der Waals surface area contributed by atoms with Gasteiger partial charge >= 0.3 is 0 Å². The summed E-state index contributed by atoms with van der Waals surface area (Å²) in [4.78, 5) is 0. The van der Waals surface area contributed by atoms with E-state index in [1.54, 1.807) is 0 Å². The Morgan fingerprint density at radius 3 is 2.55 bits per heavy atom. The third-order valence-corrected chi connectivity index (χ3v) is 2.74. The van der Waals surface area contributed by atoms with Gasteiger partial charge in [-0.25, -0.2) is 0 Å². The SMILES string of the molecule is CC12CCCC(O1)C(C)(C)O2. The van der Waals surface area contributed by atoms with Crippen LogP contribution in [0.25, 0.3) is 0 Å². The van der Waals surface area contributed by atoms with Gasteiger partial charge in [0, 0.05) is 6.42 Å². The molecule has 2 aliphatic rings. The molecule has 2 nitrogen and oxygen atoms in total. The number of hydrogen-bond acceptors (Lipinski definition) is 2. The first kappa shape index (κ1) is 7.56. The average Bonchev–Trinajstić information content (AvgIpc) is 1.98. The summed E-state index contributed by atoms with van der Waals surface area (Å²) in [5.41, 5.74) is -0.0642. The van der Waals surface area contributed by atoms with Crippen molar-refractivity contribution in [3.05, 3.63) is 0 Å². The van der Waals surface area contributed by atoms with Crippen molar-refractivity contribution >= 4 is 0 Å². The molecule has 2 heterocycles. The van der Waals surface area contributed by atoms with Crippen LogP contribution in [0.4, 0.5) is 0 Å². The molecule has 0 aromatic rings. The van der Waals surface area contributed by atoms with Gasteiger partial charge in [0.15, 0.2) is 5.79 Å². The van der Waals surface area contributed by atoms with Crippen molar-refractivity contribution in [2.45, 2.75) is 57.5 Å². The molecular weight excluding hydrogens is 140 g/mol. The second kappa shape index (κ2) is 1.99. The average molecular weight is 156 g/mol. The molecular formula is C9H16O2. The lowest BCUT2D eigenvalue weighted by Gasteiger charge is -2.26. The third-order valence-electron chi connectivity index (χ3n) is 2.74. The summed E-state index contributed by atoms with van der Waals surface area (Å²) in [6.07, 6.45) is 3.77. The Hall–Kier alpha value is -0.0800. The molecule has 0 aromatic heterocycles.